The maximum Gasteiger partial charge on any atom is 0.131 e. The third-order valence-electron chi connectivity index (χ3n) is 2.01. The number of anilines is 1. The van der Waals surface area contributed by atoms with Gasteiger partial charge in [-0.3, -0.25) is 0 Å². The van der Waals surface area contributed by atoms with E-state index in [9.17, 15) is 0 Å². The van der Waals surface area contributed by atoms with Crippen molar-refractivity contribution < 1.29 is 0 Å². The number of thiazole rings is 1. The molecule has 1 N–H and O–H groups in total. The number of nitrogens with zero attached hydrogens (tertiary/aromatic N) is 3. The average Bonchev–Trinajstić information content (AvgIpc) is 2.65. The molecule has 84 valence electrons. The minimum absolute atomic E-state index is 0.153. The summed E-state index contributed by atoms with van der Waals surface area (Å²) in [4.78, 5) is 13.7. The molecule has 0 bridgehead atoms. The summed E-state index contributed by atoms with van der Waals surface area (Å²) in [5, 5.41) is 4.34. The Morgan fingerprint density at radius 2 is 2.19 bits per heavy atom. The van der Waals surface area contributed by atoms with Gasteiger partial charge < -0.3 is 5.32 Å². The fourth-order valence-corrected chi connectivity index (χ4v) is 2.35. The Hall–Kier alpha value is -1.01. The first-order chi connectivity index (χ1) is 7.65. The van der Waals surface area contributed by atoms with Gasteiger partial charge in [0.05, 0.1) is 6.04 Å². The van der Waals surface area contributed by atoms with Crippen LogP contribution in [0.4, 0.5) is 5.82 Å². The number of rotatable bonds is 3. The molecule has 0 fully saturated rings. The van der Waals surface area contributed by atoms with Gasteiger partial charge in [-0.2, -0.15) is 0 Å². The number of aryl methyl sites for hydroxylation is 1. The Labute approximate surface area is 106 Å². The molecule has 2 aromatic rings. The summed E-state index contributed by atoms with van der Waals surface area (Å²) in [5.74, 6) is 0.794. The van der Waals surface area contributed by atoms with Gasteiger partial charge in [-0.05, 0) is 29.8 Å². The Kier molecular flexibility index (Phi) is 3.50. The van der Waals surface area contributed by atoms with Crippen molar-refractivity contribution >= 4 is 33.1 Å². The second-order valence-electron chi connectivity index (χ2n) is 3.40. The van der Waals surface area contributed by atoms with Gasteiger partial charge in [0.1, 0.15) is 21.8 Å². The average molecular weight is 299 g/mol. The van der Waals surface area contributed by atoms with Crippen LogP contribution in [0, 0.1) is 6.92 Å². The van der Waals surface area contributed by atoms with Crippen LogP contribution in [0.1, 0.15) is 22.9 Å². The van der Waals surface area contributed by atoms with Crippen LogP contribution in [0.5, 0.6) is 0 Å². The van der Waals surface area contributed by atoms with Crippen molar-refractivity contribution in [1.82, 2.24) is 15.0 Å². The number of nitrogens with one attached hydrogen (secondary N) is 1. The second kappa shape index (κ2) is 4.88. The molecule has 4 nitrogen and oxygen atoms in total. The summed E-state index contributed by atoms with van der Waals surface area (Å²) >= 11 is 5.00. The minimum Gasteiger partial charge on any atom is -0.361 e. The molecule has 0 aliphatic heterocycles. The van der Waals surface area contributed by atoms with Crippen molar-refractivity contribution in [3.63, 3.8) is 0 Å². The van der Waals surface area contributed by atoms with Crippen molar-refractivity contribution in [2.45, 2.75) is 19.9 Å². The smallest absolute Gasteiger partial charge is 0.131 e. The summed E-state index contributed by atoms with van der Waals surface area (Å²) in [7, 11) is 0. The van der Waals surface area contributed by atoms with Gasteiger partial charge in [-0.1, -0.05) is 0 Å². The predicted octanol–water partition coefficient (Wildman–Crippen LogP) is 3.18. The lowest BCUT2D eigenvalue weighted by molar-refractivity contribution is 0.857. The Balaban J connectivity index is 2.10. The largest absolute Gasteiger partial charge is 0.361 e. The van der Waals surface area contributed by atoms with E-state index < -0.39 is 0 Å². The first-order valence-electron chi connectivity index (χ1n) is 4.81. The first kappa shape index (κ1) is 11.5. The standard InChI is InChI=1S/C10H11BrN4S/c1-6-4-12-10(16-6)7(2)15-9-3-8(11)13-5-14-9/h3-5,7H,1-2H3,(H,13,14,15). The fourth-order valence-electron chi connectivity index (χ4n) is 1.27. The molecule has 2 heterocycles. The highest BCUT2D eigenvalue weighted by molar-refractivity contribution is 9.10. The van der Waals surface area contributed by atoms with Gasteiger partial charge in [-0.15, -0.1) is 11.3 Å². The quantitative estimate of drug-likeness (QED) is 0.884. The van der Waals surface area contributed by atoms with Crippen molar-refractivity contribution in [2.75, 3.05) is 5.32 Å². The molecular weight excluding hydrogens is 288 g/mol. The third kappa shape index (κ3) is 2.76. The number of hydrogen-bond donors (Lipinski definition) is 1. The number of hydrogen-bond acceptors (Lipinski definition) is 5. The van der Waals surface area contributed by atoms with E-state index in [0.29, 0.717) is 0 Å². The van der Waals surface area contributed by atoms with Crippen LogP contribution < -0.4 is 5.32 Å². The molecule has 0 aliphatic carbocycles. The highest BCUT2D eigenvalue weighted by atomic mass is 79.9. The summed E-state index contributed by atoms with van der Waals surface area (Å²) in [6.07, 6.45) is 3.40. The molecule has 0 spiro atoms. The van der Waals surface area contributed by atoms with Crippen molar-refractivity contribution in [3.8, 4) is 0 Å². The number of halogens is 1. The maximum absolute atomic E-state index is 4.34. The van der Waals surface area contributed by atoms with Crippen LogP contribution in [0.2, 0.25) is 0 Å². The zero-order chi connectivity index (χ0) is 11.5. The van der Waals surface area contributed by atoms with E-state index in [1.165, 1.54) is 11.2 Å². The summed E-state index contributed by atoms with van der Waals surface area (Å²) < 4.78 is 0.771. The van der Waals surface area contributed by atoms with Crippen molar-refractivity contribution in [2.24, 2.45) is 0 Å². The molecule has 0 saturated heterocycles. The lowest BCUT2D eigenvalue weighted by Crippen LogP contribution is -2.07. The SMILES string of the molecule is Cc1cnc(C(C)Nc2cc(Br)ncn2)s1. The number of aromatic nitrogens is 3. The van der Waals surface area contributed by atoms with Gasteiger partial charge in [0.25, 0.3) is 0 Å². The monoisotopic (exact) mass is 298 g/mol. The van der Waals surface area contributed by atoms with E-state index in [1.54, 1.807) is 11.3 Å². The Morgan fingerprint density at radius 1 is 1.38 bits per heavy atom. The van der Waals surface area contributed by atoms with E-state index in [-0.39, 0.29) is 6.04 Å². The zero-order valence-electron chi connectivity index (χ0n) is 8.94. The zero-order valence-corrected chi connectivity index (χ0v) is 11.3. The third-order valence-corrected chi connectivity index (χ3v) is 3.54. The second-order valence-corrected chi connectivity index (χ2v) is 5.48. The molecular formula is C10H11BrN4S. The molecule has 2 aromatic heterocycles. The highest BCUT2D eigenvalue weighted by Crippen LogP contribution is 2.22. The van der Waals surface area contributed by atoms with Gasteiger partial charge >= 0.3 is 0 Å². The molecule has 0 aliphatic rings. The molecule has 0 radical (unpaired) electrons. The normalized spacial score (nSPS) is 12.4. The highest BCUT2D eigenvalue weighted by Gasteiger charge is 2.09. The first-order valence-corrected chi connectivity index (χ1v) is 6.42. The molecule has 16 heavy (non-hydrogen) atoms. The summed E-state index contributed by atoms with van der Waals surface area (Å²) in [6.45, 7) is 4.11. The van der Waals surface area contributed by atoms with E-state index in [1.807, 2.05) is 12.3 Å². The van der Waals surface area contributed by atoms with E-state index in [4.69, 9.17) is 0 Å². The topological polar surface area (TPSA) is 50.7 Å². The van der Waals surface area contributed by atoms with Crippen molar-refractivity contribution in [1.29, 1.82) is 0 Å². The molecule has 2 rings (SSSR count). The lowest BCUT2D eigenvalue weighted by Gasteiger charge is -2.11. The van der Waals surface area contributed by atoms with E-state index >= 15 is 0 Å². The van der Waals surface area contributed by atoms with E-state index in [0.717, 1.165) is 15.4 Å². The molecule has 6 heteroatoms. The van der Waals surface area contributed by atoms with Crippen LogP contribution in [0.3, 0.4) is 0 Å². The summed E-state index contributed by atoms with van der Waals surface area (Å²) in [5.41, 5.74) is 0. The fraction of sp³-hybridized carbons (Fsp3) is 0.300. The van der Waals surface area contributed by atoms with Gasteiger partial charge in [0.15, 0.2) is 0 Å². The Bertz CT molecular complexity index is 485. The lowest BCUT2D eigenvalue weighted by atomic mass is 10.3. The minimum atomic E-state index is 0.153. The summed E-state index contributed by atoms with van der Waals surface area (Å²) in [6, 6.07) is 2.00. The van der Waals surface area contributed by atoms with Crippen LogP contribution in [-0.4, -0.2) is 15.0 Å². The molecule has 0 saturated carbocycles. The van der Waals surface area contributed by atoms with Crippen LogP contribution in [0.15, 0.2) is 23.2 Å². The molecule has 1 atom stereocenters. The van der Waals surface area contributed by atoms with Crippen LogP contribution >= 0.6 is 27.3 Å². The predicted molar refractivity (Wildman–Crippen MR) is 68.6 cm³/mol. The van der Waals surface area contributed by atoms with Gasteiger partial charge in [0, 0.05) is 17.1 Å². The Morgan fingerprint density at radius 3 is 2.81 bits per heavy atom. The van der Waals surface area contributed by atoms with Gasteiger partial charge in [-0.25, -0.2) is 15.0 Å². The van der Waals surface area contributed by atoms with Crippen LogP contribution in [0.25, 0.3) is 0 Å². The van der Waals surface area contributed by atoms with Gasteiger partial charge in [0.2, 0.25) is 0 Å². The van der Waals surface area contributed by atoms with Crippen molar-refractivity contribution in [3.05, 3.63) is 33.1 Å². The molecule has 0 amide bonds. The molecule has 1 unspecified atom stereocenters. The van der Waals surface area contributed by atoms with E-state index in [2.05, 4.69) is 50.0 Å². The van der Waals surface area contributed by atoms with Crippen LogP contribution in [-0.2, 0) is 0 Å². The maximum atomic E-state index is 4.34. The molecule has 0 aromatic carbocycles.